The van der Waals surface area contributed by atoms with Crippen LogP contribution in [0.4, 0.5) is 0 Å². The highest BCUT2D eigenvalue weighted by atomic mass is 16.5. The molecule has 4 bridgehead atoms. The highest BCUT2D eigenvalue weighted by molar-refractivity contribution is 5.77. The normalized spacial score (nSPS) is 19.5. The van der Waals surface area contributed by atoms with E-state index >= 15 is 0 Å². The summed E-state index contributed by atoms with van der Waals surface area (Å²) in [5.41, 5.74) is 2.95. The van der Waals surface area contributed by atoms with Gasteiger partial charge in [-0.25, -0.2) is 0 Å². The van der Waals surface area contributed by atoms with E-state index in [-0.39, 0.29) is 36.8 Å². The number of carbonyl (C=O) groups excluding carboxylic acids is 1. The van der Waals surface area contributed by atoms with Crippen molar-refractivity contribution < 1.29 is 29.2 Å². The molecular weight excluding hydrogens is 472 g/mol. The van der Waals surface area contributed by atoms with Crippen molar-refractivity contribution in [3.05, 3.63) is 77.4 Å². The first-order valence-corrected chi connectivity index (χ1v) is 12.5. The van der Waals surface area contributed by atoms with Gasteiger partial charge in [0.1, 0.15) is 12.4 Å². The third kappa shape index (κ3) is 5.65. The number of hydrogen-bond acceptors (Lipinski definition) is 7. The first-order chi connectivity index (χ1) is 18.0. The van der Waals surface area contributed by atoms with Crippen molar-refractivity contribution in [2.45, 2.75) is 31.3 Å². The second-order valence-electron chi connectivity index (χ2n) is 9.47. The molecule has 0 aromatic heterocycles. The van der Waals surface area contributed by atoms with Gasteiger partial charge in [-0.15, -0.1) is 0 Å². The van der Waals surface area contributed by atoms with Crippen molar-refractivity contribution in [1.82, 2.24) is 10.2 Å². The molecule has 2 atom stereocenters. The minimum Gasteiger partial charge on any atom is -0.504 e. The highest BCUT2D eigenvalue weighted by Gasteiger charge is 2.35. The van der Waals surface area contributed by atoms with Crippen LogP contribution in [0.25, 0.3) is 0 Å². The van der Waals surface area contributed by atoms with Crippen LogP contribution < -0.4 is 19.5 Å². The molecule has 1 fully saturated rings. The highest BCUT2D eigenvalue weighted by Crippen LogP contribution is 2.40. The molecule has 8 heteroatoms. The zero-order valence-electron chi connectivity index (χ0n) is 20.9. The van der Waals surface area contributed by atoms with Gasteiger partial charge in [-0.3, -0.25) is 9.69 Å². The summed E-state index contributed by atoms with van der Waals surface area (Å²) in [6, 6.07) is 18.7. The van der Waals surface area contributed by atoms with Crippen molar-refractivity contribution in [2.24, 2.45) is 0 Å². The van der Waals surface area contributed by atoms with Gasteiger partial charge in [0.05, 0.1) is 13.7 Å². The molecule has 1 amide bonds. The molecule has 3 N–H and O–H groups in total. The SMILES string of the molecule is COc1ccc2cc1Oc1cc(ccc1O)CCC(=O)N[C@@H]1CN(Cc3ccccc3OCCO)C[C@@H]21. The van der Waals surface area contributed by atoms with Gasteiger partial charge in [-0.2, -0.15) is 0 Å². The summed E-state index contributed by atoms with van der Waals surface area (Å²) in [5, 5.41) is 22.9. The molecule has 194 valence electrons. The van der Waals surface area contributed by atoms with Gasteiger partial charge >= 0.3 is 0 Å². The molecule has 37 heavy (non-hydrogen) atoms. The number of carbonyl (C=O) groups is 1. The van der Waals surface area contributed by atoms with E-state index in [0.717, 1.165) is 29.0 Å². The molecule has 1 saturated heterocycles. The van der Waals surface area contributed by atoms with Gasteiger partial charge < -0.3 is 29.7 Å². The largest absolute Gasteiger partial charge is 0.504 e. The molecule has 3 aromatic rings. The Labute approximate surface area is 216 Å². The van der Waals surface area contributed by atoms with E-state index in [1.54, 1.807) is 25.3 Å². The van der Waals surface area contributed by atoms with Gasteiger partial charge in [0.15, 0.2) is 23.0 Å². The maximum atomic E-state index is 13.0. The predicted molar refractivity (Wildman–Crippen MR) is 138 cm³/mol. The average molecular weight is 505 g/mol. The Morgan fingerprint density at radius 1 is 1.03 bits per heavy atom. The minimum absolute atomic E-state index is 0.00736. The van der Waals surface area contributed by atoms with Crippen molar-refractivity contribution in [3.63, 3.8) is 0 Å². The van der Waals surface area contributed by atoms with Crippen LogP contribution in [0.15, 0.2) is 60.7 Å². The summed E-state index contributed by atoms with van der Waals surface area (Å²) in [5.74, 6) is 2.21. The topological polar surface area (TPSA) is 100 Å². The summed E-state index contributed by atoms with van der Waals surface area (Å²) < 4.78 is 17.4. The quantitative estimate of drug-likeness (QED) is 0.472. The van der Waals surface area contributed by atoms with Crippen LogP contribution in [-0.2, 0) is 17.8 Å². The van der Waals surface area contributed by atoms with Gasteiger partial charge in [-0.1, -0.05) is 30.3 Å². The Kier molecular flexibility index (Phi) is 7.48. The number of amides is 1. The number of nitrogens with zero attached hydrogens (tertiary/aromatic N) is 1. The monoisotopic (exact) mass is 504 g/mol. The van der Waals surface area contributed by atoms with Crippen molar-refractivity contribution in [3.8, 4) is 28.7 Å². The second-order valence-corrected chi connectivity index (χ2v) is 9.47. The number of ether oxygens (including phenoxy) is 3. The first-order valence-electron chi connectivity index (χ1n) is 12.5. The van der Waals surface area contributed by atoms with Gasteiger partial charge in [0.25, 0.3) is 0 Å². The van der Waals surface area contributed by atoms with Crippen LogP contribution in [0.1, 0.15) is 29.0 Å². The molecule has 0 unspecified atom stereocenters. The molecule has 5 rings (SSSR count). The van der Waals surface area contributed by atoms with Crippen LogP contribution in [0.5, 0.6) is 28.7 Å². The zero-order chi connectivity index (χ0) is 25.8. The molecule has 2 aliphatic heterocycles. The fourth-order valence-corrected chi connectivity index (χ4v) is 5.12. The fourth-order valence-electron chi connectivity index (χ4n) is 5.12. The van der Waals surface area contributed by atoms with Crippen molar-refractivity contribution >= 4 is 5.91 Å². The lowest BCUT2D eigenvalue weighted by molar-refractivity contribution is -0.121. The number of para-hydroxylation sites is 1. The molecule has 2 heterocycles. The number of phenols is 1. The Bertz CT molecular complexity index is 1260. The molecule has 2 aliphatic rings. The lowest BCUT2D eigenvalue weighted by Crippen LogP contribution is -2.39. The summed E-state index contributed by atoms with van der Waals surface area (Å²) in [4.78, 5) is 15.3. The number of aryl methyl sites for hydroxylation is 1. The molecule has 3 aromatic carbocycles. The molecule has 0 saturated carbocycles. The lowest BCUT2D eigenvalue weighted by Gasteiger charge is -2.21. The summed E-state index contributed by atoms with van der Waals surface area (Å²) in [6.07, 6.45) is 0.875. The summed E-state index contributed by atoms with van der Waals surface area (Å²) >= 11 is 0. The number of likely N-dealkylation sites (tertiary alicyclic amines) is 1. The van der Waals surface area contributed by atoms with E-state index in [2.05, 4.69) is 10.2 Å². The Morgan fingerprint density at radius 2 is 1.89 bits per heavy atom. The van der Waals surface area contributed by atoms with Crippen molar-refractivity contribution in [1.29, 1.82) is 0 Å². The Morgan fingerprint density at radius 3 is 2.73 bits per heavy atom. The predicted octanol–water partition coefficient (Wildman–Crippen LogP) is 3.59. The van der Waals surface area contributed by atoms with Gasteiger partial charge in [0, 0.05) is 43.6 Å². The maximum Gasteiger partial charge on any atom is 0.220 e. The lowest BCUT2D eigenvalue weighted by atomic mass is 9.93. The van der Waals surface area contributed by atoms with Crippen molar-refractivity contribution in [2.75, 3.05) is 33.4 Å². The standard InChI is InChI=1S/C29H32N2O6/c1-35-26-10-8-20-15-28(26)37-27-14-19(6-9-24(27)33)7-11-29(34)30-23-18-31(17-22(20)23)16-21-4-2-3-5-25(21)36-13-12-32/h2-6,8-10,14-15,22-23,32-33H,7,11-13,16-18H2,1H3,(H,30,34)/t22-,23+/m0/s1. The van der Waals surface area contributed by atoms with E-state index < -0.39 is 0 Å². The van der Waals surface area contributed by atoms with E-state index in [4.69, 9.17) is 14.2 Å². The average Bonchev–Trinajstić information content (AvgIpc) is 3.30. The second kappa shape index (κ2) is 11.1. The van der Waals surface area contributed by atoms with Crippen LogP contribution in [0.2, 0.25) is 0 Å². The molecule has 0 aliphatic carbocycles. The molecule has 8 nitrogen and oxygen atoms in total. The number of aromatic hydroxyl groups is 1. The van der Waals surface area contributed by atoms with Gasteiger partial charge in [-0.05, 0) is 47.9 Å². The smallest absolute Gasteiger partial charge is 0.220 e. The summed E-state index contributed by atoms with van der Waals surface area (Å²) in [7, 11) is 1.59. The third-order valence-corrected chi connectivity index (χ3v) is 6.96. The number of phenolic OH excluding ortho intramolecular Hbond substituents is 1. The summed E-state index contributed by atoms with van der Waals surface area (Å²) in [6.45, 7) is 2.26. The fraction of sp³-hybridized carbons (Fsp3) is 0.345. The van der Waals surface area contributed by atoms with Gasteiger partial charge in [0.2, 0.25) is 5.91 Å². The zero-order valence-corrected chi connectivity index (χ0v) is 20.9. The number of nitrogens with one attached hydrogen (secondary N) is 1. The molecule has 0 spiro atoms. The number of methoxy groups -OCH3 is 1. The Balaban J connectivity index is 1.46. The number of rotatable bonds is 6. The number of fused-ring (bicyclic) bond motifs is 6. The van der Waals surface area contributed by atoms with E-state index in [1.165, 1.54) is 0 Å². The van der Waals surface area contributed by atoms with E-state index in [0.29, 0.717) is 43.2 Å². The molecular formula is C29H32N2O6. The van der Waals surface area contributed by atoms with E-state index in [1.807, 2.05) is 42.5 Å². The number of hydrogen-bond donors (Lipinski definition) is 3. The Hall–Kier alpha value is -3.75. The minimum atomic E-state index is -0.0865. The van der Waals surface area contributed by atoms with E-state index in [9.17, 15) is 15.0 Å². The maximum absolute atomic E-state index is 13.0. The van der Waals surface area contributed by atoms with Crippen LogP contribution >= 0.6 is 0 Å². The van der Waals surface area contributed by atoms with Crippen LogP contribution in [0.3, 0.4) is 0 Å². The van der Waals surface area contributed by atoms with Crippen LogP contribution in [0, 0.1) is 0 Å². The molecule has 0 radical (unpaired) electrons. The third-order valence-electron chi connectivity index (χ3n) is 6.96. The van der Waals surface area contributed by atoms with Crippen LogP contribution in [-0.4, -0.2) is 60.5 Å². The number of aliphatic hydroxyl groups is 1. The first kappa shape index (κ1) is 24.9. The number of benzene rings is 3. The number of aliphatic hydroxyl groups excluding tert-OH is 1.